The third-order valence-corrected chi connectivity index (χ3v) is 8.04. The van der Waals surface area contributed by atoms with Crippen LogP contribution in [0.25, 0.3) is 38.8 Å². The van der Waals surface area contributed by atoms with Crippen molar-refractivity contribution in [2.24, 2.45) is 13.0 Å². The lowest BCUT2D eigenvalue weighted by Crippen LogP contribution is -2.53. The number of benzene rings is 3. The Morgan fingerprint density at radius 1 is 1.07 bits per heavy atom. The van der Waals surface area contributed by atoms with Crippen molar-refractivity contribution in [3.8, 4) is 33.7 Å². The van der Waals surface area contributed by atoms with E-state index in [1.165, 1.54) is 21.3 Å². The number of phenols is 1. The highest BCUT2D eigenvalue weighted by Gasteiger charge is 2.25. The Kier molecular flexibility index (Phi) is 6.64. The van der Waals surface area contributed by atoms with Gasteiger partial charge in [0.2, 0.25) is 0 Å². The minimum atomic E-state index is -0.490. The van der Waals surface area contributed by atoms with Gasteiger partial charge in [-0.25, -0.2) is 9.18 Å². The number of anilines is 1. The second-order valence-electron chi connectivity index (χ2n) is 10.7. The summed E-state index contributed by atoms with van der Waals surface area (Å²) in [4.78, 5) is 14.7. The molecule has 2 aromatic heterocycles. The quantitative estimate of drug-likeness (QED) is 0.271. The maximum atomic E-state index is 15.1. The van der Waals surface area contributed by atoms with Gasteiger partial charge in [0, 0.05) is 67.3 Å². The molecule has 1 fully saturated rings. The highest BCUT2D eigenvalue weighted by Crippen LogP contribution is 2.42. The number of hydrogen-bond donors (Lipinski definition) is 3. The fourth-order valence-electron chi connectivity index (χ4n) is 5.45. The third-order valence-electron chi connectivity index (χ3n) is 7.74. The van der Waals surface area contributed by atoms with Gasteiger partial charge in [0.1, 0.15) is 11.6 Å². The van der Waals surface area contributed by atoms with E-state index in [9.17, 15) is 9.90 Å². The minimum absolute atomic E-state index is 0.0627. The molecule has 40 heavy (non-hydrogen) atoms. The van der Waals surface area contributed by atoms with Gasteiger partial charge < -0.3 is 19.9 Å². The van der Waals surface area contributed by atoms with Crippen LogP contribution in [0.3, 0.4) is 0 Å². The lowest BCUT2D eigenvalue weighted by molar-refractivity contribution is 0.369. The smallest absolute Gasteiger partial charge is 0.332 e. The Labute approximate surface area is 235 Å². The number of piperazine rings is 1. The van der Waals surface area contributed by atoms with Gasteiger partial charge in [0.15, 0.2) is 0 Å². The molecule has 3 aromatic carbocycles. The number of imidazole rings is 1. The van der Waals surface area contributed by atoms with Crippen LogP contribution in [0.2, 0.25) is 5.02 Å². The van der Waals surface area contributed by atoms with Crippen molar-refractivity contribution < 1.29 is 9.50 Å². The van der Waals surface area contributed by atoms with Crippen LogP contribution >= 0.6 is 11.6 Å². The molecule has 206 valence electrons. The van der Waals surface area contributed by atoms with E-state index in [2.05, 4.69) is 34.3 Å². The molecular formula is C30H30ClFN6O2. The van der Waals surface area contributed by atoms with Crippen molar-refractivity contribution in [1.82, 2.24) is 24.6 Å². The first-order valence-corrected chi connectivity index (χ1v) is 13.6. The monoisotopic (exact) mass is 560 g/mol. The van der Waals surface area contributed by atoms with E-state index in [0.29, 0.717) is 44.9 Å². The van der Waals surface area contributed by atoms with E-state index in [1.54, 1.807) is 43.8 Å². The van der Waals surface area contributed by atoms with E-state index in [4.69, 9.17) is 11.6 Å². The Bertz CT molecular complexity index is 1790. The first-order chi connectivity index (χ1) is 19.2. The van der Waals surface area contributed by atoms with Gasteiger partial charge in [-0.05, 0) is 53.4 Å². The number of phenolic OH excluding ortho intramolecular Hbond substituents is 1. The number of fused-ring (bicyclic) bond motifs is 1. The fourth-order valence-corrected chi connectivity index (χ4v) is 5.72. The predicted octanol–water partition coefficient (Wildman–Crippen LogP) is 5.32. The highest BCUT2D eigenvalue weighted by atomic mass is 35.5. The van der Waals surface area contributed by atoms with Crippen LogP contribution in [-0.4, -0.2) is 50.1 Å². The summed E-state index contributed by atoms with van der Waals surface area (Å²) in [6.07, 6.45) is 5.08. The lowest BCUT2D eigenvalue weighted by Gasteiger charge is -2.37. The van der Waals surface area contributed by atoms with E-state index < -0.39 is 5.82 Å². The van der Waals surface area contributed by atoms with E-state index in [-0.39, 0.29) is 11.4 Å². The average molecular weight is 561 g/mol. The second kappa shape index (κ2) is 10.1. The number of rotatable bonds is 5. The molecule has 0 radical (unpaired) electrons. The highest BCUT2D eigenvalue weighted by molar-refractivity contribution is 6.32. The van der Waals surface area contributed by atoms with Gasteiger partial charge >= 0.3 is 5.69 Å². The van der Waals surface area contributed by atoms with Crippen molar-refractivity contribution >= 4 is 28.2 Å². The molecule has 5 aromatic rings. The molecule has 0 saturated carbocycles. The number of nitrogens with one attached hydrogen (secondary N) is 2. The number of aromatic hydroxyl groups is 1. The van der Waals surface area contributed by atoms with Gasteiger partial charge in [0.25, 0.3) is 0 Å². The molecule has 0 amide bonds. The standard InChI is InChI=1S/C30H30ClFN6O2/c1-17(2)26-16-37(7-6-33-26)28-12-19(11-25-23(28)15-34-35-25)22-14-20(32)13-21(29(22)39)18-4-5-27(24(31)10-18)38-9-8-36(3)30(38)40/h4-5,8-15,17,26,33,39H,6-7,16H2,1-3H3,(H,34,35)/t26-/m0/s1. The summed E-state index contributed by atoms with van der Waals surface area (Å²) < 4.78 is 18.0. The first kappa shape index (κ1) is 26.2. The number of aryl methyl sites for hydroxylation is 1. The number of aromatic amines is 1. The van der Waals surface area contributed by atoms with Crippen molar-refractivity contribution in [3.05, 3.63) is 82.4 Å². The van der Waals surface area contributed by atoms with Crippen molar-refractivity contribution in [1.29, 1.82) is 0 Å². The summed E-state index contributed by atoms with van der Waals surface area (Å²) in [5.41, 5.74) is 3.91. The molecule has 3 heterocycles. The SMILES string of the molecule is CC(C)[C@@H]1CN(c2cc(-c3cc(F)cc(-c4ccc(-n5ccn(C)c5=O)c(Cl)c4)c3O)cc3[nH]ncc23)CCN1. The number of nitrogens with zero attached hydrogens (tertiary/aromatic N) is 4. The maximum Gasteiger partial charge on any atom is 0.332 e. The maximum absolute atomic E-state index is 15.1. The molecule has 8 nitrogen and oxygen atoms in total. The van der Waals surface area contributed by atoms with Gasteiger partial charge in [-0.15, -0.1) is 0 Å². The number of H-pyrrole nitrogens is 1. The normalized spacial score (nSPS) is 15.8. The van der Waals surface area contributed by atoms with Gasteiger partial charge in [-0.2, -0.15) is 5.10 Å². The van der Waals surface area contributed by atoms with Gasteiger partial charge in [-0.1, -0.05) is 31.5 Å². The Hall–Kier alpha value is -4.08. The van der Waals surface area contributed by atoms with Crippen LogP contribution in [0.4, 0.5) is 10.1 Å². The van der Waals surface area contributed by atoms with Gasteiger partial charge in [-0.3, -0.25) is 9.67 Å². The second-order valence-corrected chi connectivity index (χ2v) is 11.1. The minimum Gasteiger partial charge on any atom is -0.507 e. The first-order valence-electron chi connectivity index (χ1n) is 13.2. The summed E-state index contributed by atoms with van der Waals surface area (Å²) in [5, 5.41) is 23.6. The van der Waals surface area contributed by atoms with Crippen LogP contribution in [-0.2, 0) is 7.05 Å². The lowest BCUT2D eigenvalue weighted by atomic mass is 9.95. The number of aromatic nitrogens is 4. The van der Waals surface area contributed by atoms with Crippen LogP contribution in [0.15, 0.2) is 65.8 Å². The molecule has 1 aliphatic heterocycles. The molecule has 0 bridgehead atoms. The van der Waals surface area contributed by atoms with E-state index >= 15 is 4.39 Å². The predicted molar refractivity (Wildman–Crippen MR) is 157 cm³/mol. The summed E-state index contributed by atoms with van der Waals surface area (Å²) in [6.45, 7) is 6.91. The number of hydrogen-bond acceptors (Lipinski definition) is 5. The molecule has 3 N–H and O–H groups in total. The zero-order chi connectivity index (χ0) is 28.1. The van der Waals surface area contributed by atoms with Crippen molar-refractivity contribution in [2.45, 2.75) is 19.9 Å². The molecular weight excluding hydrogens is 531 g/mol. The third kappa shape index (κ3) is 4.55. The Morgan fingerprint density at radius 2 is 1.85 bits per heavy atom. The molecule has 0 spiro atoms. The van der Waals surface area contributed by atoms with Crippen LogP contribution in [0, 0.1) is 11.7 Å². The summed E-state index contributed by atoms with van der Waals surface area (Å²) in [7, 11) is 1.66. The molecule has 1 aliphatic rings. The van der Waals surface area contributed by atoms with Crippen molar-refractivity contribution in [3.63, 3.8) is 0 Å². The topological polar surface area (TPSA) is 91.1 Å². The van der Waals surface area contributed by atoms with Crippen LogP contribution in [0.5, 0.6) is 5.75 Å². The van der Waals surface area contributed by atoms with Crippen LogP contribution in [0.1, 0.15) is 13.8 Å². The van der Waals surface area contributed by atoms with Crippen molar-refractivity contribution in [2.75, 3.05) is 24.5 Å². The molecule has 1 saturated heterocycles. The molecule has 10 heteroatoms. The Balaban J connectivity index is 1.44. The zero-order valence-electron chi connectivity index (χ0n) is 22.4. The molecule has 0 aliphatic carbocycles. The summed E-state index contributed by atoms with van der Waals surface area (Å²) in [5.74, 6) is -0.0813. The summed E-state index contributed by atoms with van der Waals surface area (Å²) >= 11 is 6.57. The molecule has 0 unspecified atom stereocenters. The van der Waals surface area contributed by atoms with Crippen LogP contribution < -0.4 is 15.9 Å². The number of halogens is 2. The zero-order valence-corrected chi connectivity index (χ0v) is 23.2. The summed E-state index contributed by atoms with van der Waals surface area (Å²) in [6, 6.07) is 11.9. The Morgan fingerprint density at radius 3 is 2.55 bits per heavy atom. The molecule has 1 atom stereocenters. The molecule has 6 rings (SSSR count). The fraction of sp³-hybridized carbons (Fsp3) is 0.267. The van der Waals surface area contributed by atoms with E-state index in [0.717, 1.165) is 36.2 Å². The van der Waals surface area contributed by atoms with E-state index in [1.807, 2.05) is 12.1 Å². The largest absolute Gasteiger partial charge is 0.507 e. The average Bonchev–Trinajstić information content (AvgIpc) is 3.55. The van der Waals surface area contributed by atoms with Gasteiger partial charge in [0.05, 0.1) is 22.4 Å².